The van der Waals surface area contributed by atoms with Gasteiger partial charge in [-0.25, -0.2) is 0 Å². The highest BCUT2D eigenvalue weighted by Crippen LogP contribution is 2.13. The molecule has 0 aliphatic carbocycles. The summed E-state index contributed by atoms with van der Waals surface area (Å²) in [6.45, 7) is 6.23. The summed E-state index contributed by atoms with van der Waals surface area (Å²) >= 11 is 0. The average Bonchev–Trinajstić information content (AvgIpc) is 2.60. The maximum atomic E-state index is 12.6. The summed E-state index contributed by atoms with van der Waals surface area (Å²) in [6.07, 6.45) is 0. The number of rotatable bonds is 8. The number of benzene rings is 1. The fourth-order valence-electron chi connectivity index (χ4n) is 2.37. The van der Waals surface area contributed by atoms with Crippen molar-refractivity contribution in [3.8, 4) is 6.07 Å². The molecule has 6 heteroatoms. The number of likely N-dealkylation sites (N-methyl/N-ethyl adjacent to an activating group) is 1. The highest BCUT2D eigenvalue weighted by molar-refractivity contribution is 5.79. The smallest absolute Gasteiger partial charge is 0.309 e. The first-order valence-electron chi connectivity index (χ1n) is 8.23. The van der Waals surface area contributed by atoms with Crippen molar-refractivity contribution in [1.29, 1.82) is 5.26 Å². The van der Waals surface area contributed by atoms with Crippen molar-refractivity contribution in [2.24, 2.45) is 5.92 Å². The second-order valence-electron chi connectivity index (χ2n) is 6.70. The molecule has 0 aromatic heterocycles. The van der Waals surface area contributed by atoms with Gasteiger partial charge in [-0.15, -0.1) is 0 Å². The Labute approximate surface area is 150 Å². The third-order valence-electron chi connectivity index (χ3n) is 4.23. The van der Waals surface area contributed by atoms with Crippen molar-refractivity contribution in [3.05, 3.63) is 35.9 Å². The molecule has 0 N–H and O–H groups in total. The Morgan fingerprint density at radius 3 is 2.40 bits per heavy atom. The number of nitriles is 1. The zero-order valence-corrected chi connectivity index (χ0v) is 15.7. The Balaban J connectivity index is 2.88. The molecule has 1 aromatic carbocycles. The molecule has 0 radical (unpaired) electrons. The van der Waals surface area contributed by atoms with E-state index in [0.29, 0.717) is 13.1 Å². The Morgan fingerprint density at radius 1 is 1.28 bits per heavy atom. The van der Waals surface area contributed by atoms with Gasteiger partial charge in [0.05, 0.1) is 25.6 Å². The average molecular weight is 345 g/mol. The van der Waals surface area contributed by atoms with Crippen LogP contribution in [0.15, 0.2) is 30.3 Å². The van der Waals surface area contributed by atoms with Crippen LogP contribution in [0.1, 0.15) is 26.3 Å². The van der Waals surface area contributed by atoms with Gasteiger partial charge in [0.25, 0.3) is 0 Å². The van der Waals surface area contributed by atoms with E-state index >= 15 is 0 Å². The monoisotopic (exact) mass is 345 g/mol. The van der Waals surface area contributed by atoms with Crippen LogP contribution in [0, 0.1) is 17.2 Å². The van der Waals surface area contributed by atoms with E-state index < -0.39 is 5.54 Å². The summed E-state index contributed by atoms with van der Waals surface area (Å²) < 4.78 is 4.78. The summed E-state index contributed by atoms with van der Waals surface area (Å²) in [4.78, 5) is 27.7. The topological polar surface area (TPSA) is 73.6 Å². The maximum absolute atomic E-state index is 12.6. The lowest BCUT2D eigenvalue weighted by atomic mass is 10.1. The Kier molecular flexibility index (Phi) is 7.59. The van der Waals surface area contributed by atoms with Crippen LogP contribution < -0.4 is 0 Å². The highest BCUT2D eigenvalue weighted by atomic mass is 16.5. The minimum absolute atomic E-state index is 0.123. The molecule has 0 saturated heterocycles. The lowest BCUT2D eigenvalue weighted by Crippen LogP contribution is -2.48. The molecule has 136 valence electrons. The number of amides is 1. The van der Waals surface area contributed by atoms with Crippen LogP contribution in [0.3, 0.4) is 0 Å². The second-order valence-corrected chi connectivity index (χ2v) is 6.70. The van der Waals surface area contributed by atoms with Gasteiger partial charge in [0.15, 0.2) is 0 Å². The van der Waals surface area contributed by atoms with Gasteiger partial charge < -0.3 is 9.64 Å². The van der Waals surface area contributed by atoms with Crippen molar-refractivity contribution >= 4 is 11.9 Å². The second kappa shape index (κ2) is 9.19. The minimum atomic E-state index is -0.885. The van der Waals surface area contributed by atoms with Gasteiger partial charge in [0, 0.05) is 20.1 Å². The summed E-state index contributed by atoms with van der Waals surface area (Å²) in [7, 11) is 2.98. The van der Waals surface area contributed by atoms with Crippen LogP contribution in [-0.2, 0) is 20.9 Å². The Morgan fingerprint density at radius 2 is 1.88 bits per heavy atom. The van der Waals surface area contributed by atoms with Crippen LogP contribution in [0.5, 0.6) is 0 Å². The first-order valence-corrected chi connectivity index (χ1v) is 8.23. The molecule has 0 saturated carbocycles. The molecule has 1 atom stereocenters. The van der Waals surface area contributed by atoms with E-state index in [-0.39, 0.29) is 24.3 Å². The molecular weight excluding hydrogens is 318 g/mol. The lowest BCUT2D eigenvalue weighted by Gasteiger charge is -2.32. The van der Waals surface area contributed by atoms with E-state index in [1.165, 1.54) is 12.0 Å². The number of carbonyl (C=O) groups is 2. The van der Waals surface area contributed by atoms with Crippen LogP contribution in [-0.4, -0.2) is 54.5 Å². The SMILES string of the molecule is COC(=O)C(C)CN(CC(=O)N(C)C(C)(C)C#N)Cc1ccccc1. The van der Waals surface area contributed by atoms with E-state index in [1.807, 2.05) is 35.2 Å². The Hall–Kier alpha value is -2.39. The number of ether oxygens (including phenoxy) is 1. The lowest BCUT2D eigenvalue weighted by molar-refractivity contribution is -0.146. The molecule has 25 heavy (non-hydrogen) atoms. The van der Waals surface area contributed by atoms with Crippen molar-refractivity contribution < 1.29 is 14.3 Å². The molecular formula is C19H27N3O3. The van der Waals surface area contributed by atoms with E-state index in [0.717, 1.165) is 5.56 Å². The summed E-state index contributed by atoms with van der Waals surface area (Å²) in [5, 5.41) is 9.21. The standard InChI is InChI=1S/C19H27N3O3/c1-15(18(24)25-5)11-22(12-16-9-7-6-8-10-16)13-17(23)21(4)19(2,3)14-20/h6-10,15H,11-13H2,1-5H3. The number of hydrogen-bond donors (Lipinski definition) is 0. The van der Waals surface area contributed by atoms with Gasteiger partial charge in [0.1, 0.15) is 5.54 Å². The normalized spacial score (nSPS) is 12.4. The predicted molar refractivity (Wildman–Crippen MR) is 95.4 cm³/mol. The molecule has 0 spiro atoms. The summed E-state index contributed by atoms with van der Waals surface area (Å²) in [5.74, 6) is -0.827. The van der Waals surface area contributed by atoms with Gasteiger partial charge >= 0.3 is 5.97 Å². The Bertz CT molecular complexity index is 623. The molecule has 0 bridgehead atoms. The molecule has 0 aliphatic rings. The molecule has 0 aliphatic heterocycles. The van der Waals surface area contributed by atoms with Gasteiger partial charge in [-0.2, -0.15) is 5.26 Å². The van der Waals surface area contributed by atoms with Crippen LogP contribution >= 0.6 is 0 Å². The zero-order valence-electron chi connectivity index (χ0n) is 15.7. The van der Waals surface area contributed by atoms with Crippen molar-refractivity contribution in [2.45, 2.75) is 32.9 Å². The minimum Gasteiger partial charge on any atom is -0.469 e. The van der Waals surface area contributed by atoms with E-state index in [4.69, 9.17) is 4.74 Å². The number of nitrogens with zero attached hydrogens (tertiary/aromatic N) is 3. The molecule has 1 unspecified atom stereocenters. The van der Waals surface area contributed by atoms with Gasteiger partial charge in [-0.1, -0.05) is 37.3 Å². The van der Waals surface area contributed by atoms with Crippen LogP contribution in [0.4, 0.5) is 0 Å². The van der Waals surface area contributed by atoms with Crippen molar-refractivity contribution in [3.63, 3.8) is 0 Å². The molecule has 0 heterocycles. The van der Waals surface area contributed by atoms with E-state index in [9.17, 15) is 14.9 Å². The summed E-state index contributed by atoms with van der Waals surface area (Å²) in [5.41, 5.74) is 0.165. The fraction of sp³-hybridized carbons (Fsp3) is 0.526. The maximum Gasteiger partial charge on any atom is 0.309 e. The zero-order chi connectivity index (χ0) is 19.0. The number of methoxy groups -OCH3 is 1. The van der Waals surface area contributed by atoms with Crippen LogP contribution in [0.2, 0.25) is 0 Å². The first kappa shape index (κ1) is 20.7. The molecule has 0 fully saturated rings. The third kappa shape index (κ3) is 6.20. The molecule has 6 nitrogen and oxygen atoms in total. The number of hydrogen-bond acceptors (Lipinski definition) is 5. The van der Waals surface area contributed by atoms with Gasteiger partial charge in [-0.3, -0.25) is 14.5 Å². The van der Waals surface area contributed by atoms with E-state index in [1.54, 1.807) is 27.8 Å². The molecule has 1 rings (SSSR count). The highest BCUT2D eigenvalue weighted by Gasteiger charge is 2.29. The fourth-order valence-corrected chi connectivity index (χ4v) is 2.37. The van der Waals surface area contributed by atoms with Gasteiger partial charge in [-0.05, 0) is 19.4 Å². The van der Waals surface area contributed by atoms with Crippen molar-refractivity contribution in [1.82, 2.24) is 9.80 Å². The summed E-state index contributed by atoms with van der Waals surface area (Å²) in [6, 6.07) is 11.9. The van der Waals surface area contributed by atoms with Crippen molar-refractivity contribution in [2.75, 3.05) is 27.2 Å². The molecule has 1 aromatic rings. The number of carbonyl (C=O) groups excluding carboxylic acids is 2. The first-order chi connectivity index (χ1) is 11.7. The predicted octanol–water partition coefficient (Wildman–Crippen LogP) is 2.06. The van der Waals surface area contributed by atoms with Gasteiger partial charge in [0.2, 0.25) is 5.91 Å². The number of esters is 1. The largest absolute Gasteiger partial charge is 0.469 e. The van der Waals surface area contributed by atoms with E-state index in [2.05, 4.69) is 6.07 Å². The quantitative estimate of drug-likeness (QED) is 0.674. The third-order valence-corrected chi connectivity index (χ3v) is 4.23. The molecule has 1 amide bonds. The van der Waals surface area contributed by atoms with Crippen LogP contribution in [0.25, 0.3) is 0 Å².